The van der Waals surface area contributed by atoms with Crippen LogP contribution in [0.25, 0.3) is 5.70 Å². The highest BCUT2D eigenvalue weighted by atomic mass is 19.4. The Hall–Kier alpha value is -2.32. The lowest BCUT2D eigenvalue weighted by Crippen LogP contribution is -2.58. The van der Waals surface area contributed by atoms with Crippen LogP contribution < -0.4 is 5.32 Å². The van der Waals surface area contributed by atoms with E-state index in [9.17, 15) is 18.3 Å². The molecule has 8 heteroatoms. The average Bonchev–Trinajstić information content (AvgIpc) is 2.68. The predicted octanol–water partition coefficient (Wildman–Crippen LogP) is 3.73. The lowest BCUT2D eigenvalue weighted by molar-refractivity contribution is -0.137. The lowest BCUT2D eigenvalue weighted by atomic mass is 9.99. The molecule has 0 saturated carbocycles. The van der Waals surface area contributed by atoms with Gasteiger partial charge in [-0.1, -0.05) is 0 Å². The number of halogens is 3. The van der Waals surface area contributed by atoms with Gasteiger partial charge in [-0.15, -0.1) is 0 Å². The van der Waals surface area contributed by atoms with Crippen molar-refractivity contribution >= 4 is 12.4 Å². The van der Waals surface area contributed by atoms with Crippen LogP contribution in [-0.2, 0) is 10.9 Å². The van der Waals surface area contributed by atoms with E-state index in [2.05, 4.69) is 21.9 Å². The zero-order chi connectivity index (χ0) is 21.2. The second-order valence-electron chi connectivity index (χ2n) is 7.37. The van der Waals surface area contributed by atoms with Crippen molar-refractivity contribution in [3.05, 3.63) is 46.7 Å². The summed E-state index contributed by atoms with van der Waals surface area (Å²) in [6, 6.07) is 1.96. The Morgan fingerprint density at radius 1 is 1.38 bits per heavy atom. The number of alkyl halides is 3. The fraction of sp³-hybridized carbons (Fsp3) is 0.476. The van der Waals surface area contributed by atoms with E-state index in [0.29, 0.717) is 12.3 Å². The summed E-state index contributed by atoms with van der Waals surface area (Å²) in [7, 11) is 0. The molecule has 2 aliphatic rings. The zero-order valence-corrected chi connectivity index (χ0v) is 16.6. The number of aromatic hydroxyl groups is 1. The average molecular weight is 409 g/mol. The third-order valence-corrected chi connectivity index (χ3v) is 5.46. The summed E-state index contributed by atoms with van der Waals surface area (Å²) in [6.45, 7) is 10.2. The number of morpholine rings is 1. The van der Waals surface area contributed by atoms with Crippen molar-refractivity contribution < 1.29 is 23.0 Å². The first-order chi connectivity index (χ1) is 13.7. The maximum absolute atomic E-state index is 13.0. The number of hydrogen-bond acceptors (Lipinski definition) is 5. The maximum Gasteiger partial charge on any atom is 0.416 e. The van der Waals surface area contributed by atoms with Crippen molar-refractivity contribution in [3.63, 3.8) is 0 Å². The monoisotopic (exact) mass is 409 g/mol. The summed E-state index contributed by atoms with van der Waals surface area (Å²) in [5.41, 5.74) is 0.952. The van der Waals surface area contributed by atoms with Crippen LogP contribution in [0.4, 0.5) is 13.2 Å². The molecule has 0 amide bonds. The Morgan fingerprint density at radius 3 is 2.79 bits per heavy atom. The highest BCUT2D eigenvalue weighted by Crippen LogP contribution is 2.37. The lowest BCUT2D eigenvalue weighted by Gasteiger charge is -2.45. The third-order valence-electron chi connectivity index (χ3n) is 5.46. The first-order valence-electron chi connectivity index (χ1n) is 9.58. The third kappa shape index (κ3) is 4.64. The van der Waals surface area contributed by atoms with E-state index < -0.39 is 17.5 Å². The van der Waals surface area contributed by atoms with Crippen LogP contribution in [0.1, 0.15) is 30.0 Å². The Labute approximate surface area is 168 Å². The second-order valence-corrected chi connectivity index (χ2v) is 7.37. The van der Waals surface area contributed by atoms with Gasteiger partial charge in [0.15, 0.2) is 0 Å². The second kappa shape index (κ2) is 8.59. The van der Waals surface area contributed by atoms with Gasteiger partial charge in [-0.05, 0) is 63.4 Å². The van der Waals surface area contributed by atoms with Gasteiger partial charge in [-0.25, -0.2) is 0 Å². The predicted molar refractivity (Wildman–Crippen MR) is 107 cm³/mol. The molecule has 0 aromatic heterocycles. The highest BCUT2D eigenvalue weighted by molar-refractivity contribution is 5.76. The Kier molecular flexibility index (Phi) is 6.33. The molecule has 1 aromatic carbocycles. The molecule has 5 nitrogen and oxygen atoms in total. The number of piperidine rings is 1. The normalized spacial score (nSPS) is 23.7. The van der Waals surface area contributed by atoms with Gasteiger partial charge < -0.3 is 20.1 Å². The minimum atomic E-state index is -4.52. The first kappa shape index (κ1) is 21.4. The van der Waals surface area contributed by atoms with Crippen LogP contribution in [-0.4, -0.2) is 55.1 Å². The van der Waals surface area contributed by atoms with Crippen LogP contribution in [0, 0.1) is 6.92 Å². The smallest absolute Gasteiger partial charge is 0.416 e. The van der Waals surface area contributed by atoms with E-state index >= 15 is 0 Å². The van der Waals surface area contributed by atoms with E-state index in [1.807, 2.05) is 13.0 Å². The molecule has 0 aliphatic carbocycles. The number of nitrogens with zero attached hydrogens (tertiary/aromatic N) is 2. The van der Waals surface area contributed by atoms with E-state index in [-0.39, 0.29) is 23.3 Å². The molecule has 2 heterocycles. The van der Waals surface area contributed by atoms with Gasteiger partial charge in [-0.2, -0.15) is 13.2 Å². The molecule has 2 atom stereocenters. The fourth-order valence-electron chi connectivity index (χ4n) is 4.01. The number of aryl methyl sites for hydroxylation is 1. The maximum atomic E-state index is 13.0. The number of ether oxygens (including phenoxy) is 1. The molecule has 158 valence electrons. The van der Waals surface area contributed by atoms with Crippen LogP contribution in [0.5, 0.6) is 5.75 Å². The zero-order valence-electron chi connectivity index (χ0n) is 16.6. The van der Waals surface area contributed by atoms with Gasteiger partial charge in [-0.3, -0.25) is 4.99 Å². The molecule has 29 heavy (non-hydrogen) atoms. The summed E-state index contributed by atoms with van der Waals surface area (Å²) in [6.07, 6.45) is 0.164. The number of benzene rings is 1. The van der Waals surface area contributed by atoms with Crippen molar-refractivity contribution in [2.24, 2.45) is 4.99 Å². The van der Waals surface area contributed by atoms with E-state index in [1.54, 1.807) is 6.08 Å². The van der Waals surface area contributed by atoms with E-state index in [0.717, 1.165) is 43.9 Å². The van der Waals surface area contributed by atoms with Crippen LogP contribution in [0.15, 0.2) is 35.0 Å². The Morgan fingerprint density at radius 2 is 2.14 bits per heavy atom. The molecule has 0 radical (unpaired) electrons. The van der Waals surface area contributed by atoms with Crippen molar-refractivity contribution in [2.45, 2.75) is 38.6 Å². The largest absolute Gasteiger partial charge is 0.507 e. The number of allylic oxidation sites excluding steroid dienone is 3. The van der Waals surface area contributed by atoms with Crippen molar-refractivity contribution in [1.82, 2.24) is 10.2 Å². The standard InChI is InChI=1S/C21H26F3N3O2/c1-13-10-15(21(22,23)24)11-18(28)20(13)16(25-3)5-4-14(2)27-8-9-29-19-6-7-26-12-17(19)27/h4-5,10-11,17,19,26,28H,3,6-9,12H2,1-2H3/b14-4+,16-5-/t17-,19+/m1/s1. The molecule has 0 bridgehead atoms. The molecule has 1 aromatic rings. The molecule has 2 saturated heterocycles. The molecular formula is C21H26F3N3O2. The van der Waals surface area contributed by atoms with Crippen LogP contribution in [0.3, 0.4) is 0 Å². The van der Waals surface area contributed by atoms with Gasteiger partial charge in [0.2, 0.25) is 0 Å². The molecule has 2 fully saturated rings. The topological polar surface area (TPSA) is 57.1 Å². The molecular weight excluding hydrogens is 383 g/mol. The number of fused-ring (bicyclic) bond motifs is 1. The Bertz CT molecular complexity index is 808. The van der Waals surface area contributed by atoms with Crippen molar-refractivity contribution in [1.29, 1.82) is 0 Å². The summed E-state index contributed by atoms with van der Waals surface area (Å²) in [5.74, 6) is -0.468. The molecule has 3 rings (SSSR count). The summed E-state index contributed by atoms with van der Waals surface area (Å²) in [4.78, 5) is 6.21. The van der Waals surface area contributed by atoms with E-state index in [1.165, 1.54) is 6.92 Å². The number of rotatable bonds is 4. The molecule has 2 aliphatic heterocycles. The number of aliphatic imine (C=N–C) groups is 1. The van der Waals surface area contributed by atoms with Gasteiger partial charge >= 0.3 is 6.18 Å². The van der Waals surface area contributed by atoms with Gasteiger partial charge in [0.25, 0.3) is 0 Å². The molecule has 2 N–H and O–H groups in total. The number of phenols is 1. The minimum Gasteiger partial charge on any atom is -0.507 e. The molecule has 0 unspecified atom stereocenters. The fourth-order valence-corrected chi connectivity index (χ4v) is 4.01. The highest BCUT2D eigenvalue weighted by Gasteiger charge is 2.34. The number of nitrogens with one attached hydrogen (secondary N) is 1. The van der Waals surface area contributed by atoms with Crippen molar-refractivity contribution in [3.8, 4) is 5.75 Å². The summed E-state index contributed by atoms with van der Waals surface area (Å²) in [5, 5.41) is 13.6. The number of hydrogen-bond donors (Lipinski definition) is 2. The SMILES string of the molecule is C=N/C(=C\C=C(/C)N1CCO[C@H]2CCNC[C@H]21)c1c(C)cc(C(F)(F)F)cc1O. The molecule has 0 spiro atoms. The summed E-state index contributed by atoms with van der Waals surface area (Å²) < 4.78 is 44.8. The van der Waals surface area contributed by atoms with Gasteiger partial charge in [0, 0.05) is 24.4 Å². The van der Waals surface area contributed by atoms with Crippen LogP contribution in [0.2, 0.25) is 0 Å². The summed E-state index contributed by atoms with van der Waals surface area (Å²) >= 11 is 0. The van der Waals surface area contributed by atoms with Gasteiger partial charge in [0.1, 0.15) is 5.75 Å². The Balaban J connectivity index is 1.89. The quantitative estimate of drug-likeness (QED) is 0.588. The first-order valence-corrected chi connectivity index (χ1v) is 9.58. The number of phenolic OH excluding ortho intramolecular Hbond substituents is 1. The van der Waals surface area contributed by atoms with Gasteiger partial charge in [0.05, 0.1) is 30.0 Å². The van der Waals surface area contributed by atoms with E-state index in [4.69, 9.17) is 4.74 Å². The van der Waals surface area contributed by atoms with Crippen LogP contribution >= 0.6 is 0 Å². The minimum absolute atomic E-state index is 0.190. The van der Waals surface area contributed by atoms with Crippen molar-refractivity contribution in [2.75, 3.05) is 26.2 Å².